The lowest BCUT2D eigenvalue weighted by Crippen LogP contribution is -2.04. The number of benzene rings is 2. The van der Waals surface area contributed by atoms with E-state index in [-0.39, 0.29) is 0 Å². The summed E-state index contributed by atoms with van der Waals surface area (Å²) in [4.78, 5) is 0. The lowest BCUT2D eigenvalue weighted by molar-refractivity contribution is 0.301. The number of rotatable bonds is 3. The van der Waals surface area contributed by atoms with E-state index in [9.17, 15) is 0 Å². The summed E-state index contributed by atoms with van der Waals surface area (Å²) in [5.74, 6) is 2.57. The molecule has 2 heteroatoms. The molecule has 0 spiro atoms. The molecule has 2 atom stereocenters. The molecule has 1 saturated carbocycles. The quantitative estimate of drug-likeness (QED) is 0.733. The monoisotopic (exact) mass is 328 g/mol. The number of hydrogen-bond acceptors (Lipinski definition) is 1. The minimum absolute atomic E-state index is 0.659. The highest BCUT2D eigenvalue weighted by molar-refractivity contribution is 9.10. The Morgan fingerprint density at radius 3 is 2.50 bits per heavy atom. The summed E-state index contributed by atoms with van der Waals surface area (Å²) in [7, 11) is 0. The molecule has 0 amide bonds. The predicted molar refractivity (Wildman–Crippen MR) is 84.2 cm³/mol. The van der Waals surface area contributed by atoms with Crippen LogP contribution >= 0.6 is 15.9 Å². The first-order valence-corrected chi connectivity index (χ1v) is 8.11. The van der Waals surface area contributed by atoms with Crippen molar-refractivity contribution in [3.05, 3.63) is 63.6 Å². The van der Waals surface area contributed by atoms with Crippen LogP contribution in [0.15, 0.2) is 46.9 Å². The molecule has 20 heavy (non-hydrogen) atoms. The van der Waals surface area contributed by atoms with Crippen molar-refractivity contribution < 1.29 is 4.74 Å². The molecule has 2 bridgehead atoms. The Bertz CT molecular complexity index is 635. The van der Waals surface area contributed by atoms with Crippen LogP contribution in [0.25, 0.3) is 0 Å². The van der Waals surface area contributed by atoms with Gasteiger partial charge in [-0.3, -0.25) is 0 Å². The van der Waals surface area contributed by atoms with Gasteiger partial charge in [-0.1, -0.05) is 46.3 Å². The maximum Gasteiger partial charge on any atom is 0.123 e. The van der Waals surface area contributed by atoms with Crippen molar-refractivity contribution in [3.63, 3.8) is 0 Å². The Morgan fingerprint density at radius 1 is 0.950 bits per heavy atom. The van der Waals surface area contributed by atoms with E-state index in [2.05, 4.69) is 52.3 Å². The van der Waals surface area contributed by atoms with Crippen LogP contribution < -0.4 is 4.74 Å². The second kappa shape index (κ2) is 4.92. The third kappa shape index (κ3) is 1.98. The van der Waals surface area contributed by atoms with Gasteiger partial charge in [-0.25, -0.2) is 0 Å². The highest BCUT2D eigenvalue weighted by Gasteiger charge is 2.40. The number of fused-ring (bicyclic) bond motifs is 5. The summed E-state index contributed by atoms with van der Waals surface area (Å²) >= 11 is 3.72. The minimum Gasteiger partial charge on any atom is -0.489 e. The van der Waals surface area contributed by atoms with Gasteiger partial charge in [-0.2, -0.15) is 0 Å². The first kappa shape index (κ1) is 12.5. The van der Waals surface area contributed by atoms with Crippen molar-refractivity contribution in [1.29, 1.82) is 0 Å². The van der Waals surface area contributed by atoms with Gasteiger partial charge in [0.2, 0.25) is 0 Å². The van der Waals surface area contributed by atoms with Crippen molar-refractivity contribution in [2.75, 3.05) is 0 Å². The molecule has 0 N–H and O–H groups in total. The second-order valence-corrected chi connectivity index (χ2v) is 6.71. The van der Waals surface area contributed by atoms with Crippen LogP contribution in [0, 0.1) is 0 Å². The SMILES string of the molecule is Brc1ccc(OCc2ccccc2)c2c1C1CCC2C1. The number of halogens is 1. The van der Waals surface area contributed by atoms with Crippen LogP contribution in [0.5, 0.6) is 5.75 Å². The zero-order valence-corrected chi connectivity index (χ0v) is 12.9. The highest BCUT2D eigenvalue weighted by atomic mass is 79.9. The van der Waals surface area contributed by atoms with Gasteiger partial charge in [0.25, 0.3) is 0 Å². The molecule has 2 aliphatic carbocycles. The smallest absolute Gasteiger partial charge is 0.123 e. The molecule has 2 aromatic carbocycles. The molecule has 0 aliphatic heterocycles. The van der Waals surface area contributed by atoms with E-state index in [1.54, 1.807) is 0 Å². The van der Waals surface area contributed by atoms with E-state index in [0.29, 0.717) is 6.61 Å². The lowest BCUT2D eigenvalue weighted by atomic mass is 9.91. The van der Waals surface area contributed by atoms with Gasteiger partial charge < -0.3 is 4.74 Å². The largest absolute Gasteiger partial charge is 0.489 e. The van der Waals surface area contributed by atoms with E-state index in [4.69, 9.17) is 4.74 Å². The summed E-state index contributed by atoms with van der Waals surface area (Å²) in [6.07, 6.45) is 3.99. The number of hydrogen-bond donors (Lipinski definition) is 0. The van der Waals surface area contributed by atoms with Crippen molar-refractivity contribution in [2.24, 2.45) is 0 Å². The summed E-state index contributed by atoms with van der Waals surface area (Å²) in [6.45, 7) is 0.659. The van der Waals surface area contributed by atoms with Crippen molar-refractivity contribution in [3.8, 4) is 5.75 Å². The number of ether oxygens (including phenoxy) is 1. The molecule has 1 nitrogen and oxygen atoms in total. The molecule has 0 aromatic heterocycles. The maximum atomic E-state index is 6.12. The fourth-order valence-electron chi connectivity index (χ4n) is 3.79. The van der Waals surface area contributed by atoms with Gasteiger partial charge in [0, 0.05) is 10.0 Å². The van der Waals surface area contributed by atoms with E-state index in [1.807, 2.05) is 6.07 Å². The Morgan fingerprint density at radius 2 is 1.70 bits per heavy atom. The lowest BCUT2D eigenvalue weighted by Gasteiger charge is -2.20. The molecule has 0 heterocycles. The van der Waals surface area contributed by atoms with E-state index < -0.39 is 0 Å². The van der Waals surface area contributed by atoms with Crippen LogP contribution in [0.1, 0.15) is 47.8 Å². The molecule has 2 aromatic rings. The Balaban J connectivity index is 1.64. The molecule has 2 aliphatic rings. The zero-order valence-electron chi connectivity index (χ0n) is 11.3. The van der Waals surface area contributed by atoms with Crippen LogP contribution in [0.3, 0.4) is 0 Å². The Kier molecular flexibility index (Phi) is 3.07. The van der Waals surface area contributed by atoms with Crippen LogP contribution in [0.4, 0.5) is 0 Å². The second-order valence-electron chi connectivity index (χ2n) is 5.85. The standard InChI is InChI=1S/C18H17BrO/c19-15-8-9-16(20-11-12-4-2-1-3-5-12)18-14-7-6-13(10-14)17(15)18/h1-5,8-9,13-14H,6-7,10-11H2. The molecule has 4 rings (SSSR count). The fourth-order valence-corrected chi connectivity index (χ4v) is 4.46. The van der Waals surface area contributed by atoms with Crippen LogP contribution in [0.2, 0.25) is 0 Å². The van der Waals surface area contributed by atoms with E-state index in [1.165, 1.54) is 40.4 Å². The van der Waals surface area contributed by atoms with Crippen LogP contribution in [-0.2, 0) is 6.61 Å². The van der Waals surface area contributed by atoms with Gasteiger partial charge in [-0.15, -0.1) is 0 Å². The molecular formula is C18H17BrO. The minimum atomic E-state index is 0.659. The first-order chi connectivity index (χ1) is 9.83. The normalized spacial score (nSPS) is 22.9. The highest BCUT2D eigenvalue weighted by Crippen LogP contribution is 2.57. The molecular weight excluding hydrogens is 312 g/mol. The molecule has 1 fully saturated rings. The van der Waals surface area contributed by atoms with Crippen molar-refractivity contribution in [1.82, 2.24) is 0 Å². The summed E-state index contributed by atoms with van der Waals surface area (Å²) < 4.78 is 7.39. The average Bonchev–Trinajstić information content (AvgIpc) is 3.10. The summed E-state index contributed by atoms with van der Waals surface area (Å²) in [6, 6.07) is 14.7. The molecule has 0 saturated heterocycles. The average molecular weight is 329 g/mol. The topological polar surface area (TPSA) is 9.23 Å². The zero-order chi connectivity index (χ0) is 13.5. The van der Waals surface area contributed by atoms with Crippen molar-refractivity contribution in [2.45, 2.75) is 37.7 Å². The molecule has 2 unspecified atom stereocenters. The molecule has 102 valence electrons. The van der Waals surface area contributed by atoms with Crippen LogP contribution in [-0.4, -0.2) is 0 Å². The molecule has 0 radical (unpaired) electrons. The predicted octanol–water partition coefficient (Wildman–Crippen LogP) is 5.39. The third-order valence-corrected chi connectivity index (χ3v) is 5.37. The van der Waals surface area contributed by atoms with Gasteiger partial charge in [0.05, 0.1) is 0 Å². The van der Waals surface area contributed by atoms with E-state index >= 15 is 0 Å². The Hall–Kier alpha value is -1.28. The van der Waals surface area contributed by atoms with Gasteiger partial charge in [0.1, 0.15) is 12.4 Å². The van der Waals surface area contributed by atoms with Gasteiger partial charge in [0.15, 0.2) is 0 Å². The first-order valence-electron chi connectivity index (χ1n) is 7.32. The van der Waals surface area contributed by atoms with Gasteiger partial charge >= 0.3 is 0 Å². The summed E-state index contributed by atoms with van der Waals surface area (Å²) in [5.41, 5.74) is 4.23. The Labute approximate surface area is 128 Å². The van der Waals surface area contributed by atoms with Gasteiger partial charge in [-0.05, 0) is 54.4 Å². The fraction of sp³-hybridized carbons (Fsp3) is 0.333. The third-order valence-electron chi connectivity index (χ3n) is 4.68. The summed E-state index contributed by atoms with van der Waals surface area (Å²) in [5, 5.41) is 0. The van der Waals surface area contributed by atoms with Crippen molar-refractivity contribution >= 4 is 15.9 Å². The van der Waals surface area contributed by atoms with E-state index in [0.717, 1.165) is 17.6 Å². The maximum absolute atomic E-state index is 6.12.